The number of unbranched alkanes of at least 4 members (excludes halogenated alkanes) is 7. The molecule has 8 atom stereocenters. The highest BCUT2D eigenvalue weighted by Crippen LogP contribution is 2.23. The lowest BCUT2D eigenvalue weighted by Crippen LogP contribution is -2.60. The Bertz CT molecular complexity index is 1730. The van der Waals surface area contributed by atoms with Crippen molar-refractivity contribution in [1.29, 1.82) is 0 Å². The molecule has 2 fully saturated rings. The molecule has 2 aliphatic rings. The van der Waals surface area contributed by atoms with Crippen molar-refractivity contribution in [1.82, 2.24) is 36.8 Å². The first-order chi connectivity index (χ1) is 33.6. The van der Waals surface area contributed by atoms with Crippen molar-refractivity contribution in [2.45, 2.75) is 233 Å². The van der Waals surface area contributed by atoms with Gasteiger partial charge in [-0.25, -0.2) is 4.79 Å². The third-order valence-electron chi connectivity index (χ3n) is 12.8. The fourth-order valence-corrected chi connectivity index (χ4v) is 9.57. The van der Waals surface area contributed by atoms with E-state index < -0.39 is 108 Å². The highest BCUT2D eigenvalue weighted by atomic mass is 32.2. The second-order valence-electron chi connectivity index (χ2n) is 21.4. The van der Waals surface area contributed by atoms with Crippen molar-refractivity contribution in [3.63, 3.8) is 0 Å². The van der Waals surface area contributed by atoms with Gasteiger partial charge in [0.15, 0.2) is 0 Å². The van der Waals surface area contributed by atoms with Crippen molar-refractivity contribution in [2.24, 2.45) is 23.7 Å². The average molecular weight is 1020 g/mol. The Labute approximate surface area is 428 Å². The van der Waals surface area contributed by atoms with E-state index in [9.17, 15) is 48.3 Å². The van der Waals surface area contributed by atoms with Crippen LogP contribution in [0.2, 0.25) is 0 Å². The van der Waals surface area contributed by atoms with Gasteiger partial charge >= 0.3 is 11.9 Å². The molecule has 0 spiro atoms. The van der Waals surface area contributed by atoms with Crippen LogP contribution in [-0.4, -0.2) is 130 Å². The van der Waals surface area contributed by atoms with Gasteiger partial charge in [-0.2, -0.15) is 11.8 Å². The number of carbonyl (C=O) groups excluding carboxylic acids is 8. The van der Waals surface area contributed by atoms with Crippen LogP contribution in [0.5, 0.6) is 0 Å². The Kier molecular flexibility index (Phi) is 29.4. The van der Waals surface area contributed by atoms with E-state index in [2.05, 4.69) is 38.8 Å². The van der Waals surface area contributed by atoms with E-state index in [4.69, 9.17) is 4.74 Å². The van der Waals surface area contributed by atoms with E-state index in [0.29, 0.717) is 31.4 Å². The minimum Gasteiger partial charge on any atom is -0.481 e. The number of amides is 7. The number of hydrogen-bond acceptors (Lipinski definition) is 11. The van der Waals surface area contributed by atoms with Crippen LogP contribution < -0.4 is 31.9 Å². The maximum atomic E-state index is 14.5. The van der Waals surface area contributed by atoms with Crippen LogP contribution in [0, 0.1) is 23.7 Å². The van der Waals surface area contributed by atoms with Crippen LogP contribution in [0.25, 0.3) is 0 Å². The molecule has 2 aliphatic heterocycles. The number of nitrogens with zero attached hydrogens (tertiary/aromatic N) is 1. The lowest BCUT2D eigenvalue weighted by molar-refractivity contribution is -0.155. The lowest BCUT2D eigenvalue weighted by Gasteiger charge is -2.32. The predicted molar refractivity (Wildman–Crippen MR) is 276 cm³/mol. The van der Waals surface area contributed by atoms with Gasteiger partial charge in [0.25, 0.3) is 0 Å². The van der Waals surface area contributed by atoms with Crippen LogP contribution >= 0.6 is 11.8 Å². The van der Waals surface area contributed by atoms with Gasteiger partial charge in [-0.3, -0.25) is 38.4 Å². The number of esters is 1. The molecule has 0 aromatic carbocycles. The van der Waals surface area contributed by atoms with Gasteiger partial charge in [0.1, 0.15) is 48.4 Å². The van der Waals surface area contributed by atoms with Gasteiger partial charge in [-0.15, -0.1) is 0 Å². The fourth-order valence-electron chi connectivity index (χ4n) is 9.10. The average Bonchev–Trinajstić information content (AvgIpc) is 3.78. The lowest BCUT2D eigenvalue weighted by atomic mass is 9.99. The number of rotatable bonds is 23. The summed E-state index contributed by atoms with van der Waals surface area (Å²) < 4.78 is 6.09. The second-order valence-corrected chi connectivity index (χ2v) is 22.4. The standard InChI is InChI=1S/C52H91N7O11S/c1-11-12-13-14-15-16-17-18-20-36-31-44(60)53-37(22-23-45(61)62)46(63)55-39(27-32(2)3)48(65)54-38(24-26-71-10)47(64)57-41(29-34(6)7)51(68)59-25-19-21-43(59)50(67)56-40(28-33(4)5)49(66)58-42(30-35(8)9)52(69)70-36/h32-43H,11-31H2,1-10H3,(H,53,60)(H,54,65)(H,55,63)(H,56,67)(H,57,64)(H,58,66)(H,61,62). The quantitative estimate of drug-likeness (QED) is 0.0492. The molecule has 0 radical (unpaired) electrons. The van der Waals surface area contributed by atoms with Crippen LogP contribution in [0.15, 0.2) is 0 Å². The van der Waals surface area contributed by atoms with Crippen LogP contribution in [0.1, 0.15) is 184 Å². The SMILES string of the molecule is CCCCCCCCCCC1CC(=O)NC(CCC(=O)O)C(=O)NC(CC(C)C)C(=O)NC(CCSC)C(=O)NC(CC(C)C)C(=O)N2CCCC2C(=O)NC(CC(C)C)C(=O)NC(CC(C)C)C(=O)O1. The number of ether oxygens (including phenoxy) is 1. The third-order valence-corrected chi connectivity index (χ3v) is 13.4. The van der Waals surface area contributed by atoms with Gasteiger partial charge in [0, 0.05) is 13.0 Å². The van der Waals surface area contributed by atoms with Crippen molar-refractivity contribution in [3.05, 3.63) is 0 Å². The molecule has 2 heterocycles. The Morgan fingerprint density at radius 1 is 0.592 bits per heavy atom. The van der Waals surface area contributed by atoms with Crippen molar-refractivity contribution < 1.29 is 53.0 Å². The third kappa shape index (κ3) is 24.2. The zero-order valence-electron chi connectivity index (χ0n) is 44.7. The Morgan fingerprint density at radius 3 is 1.58 bits per heavy atom. The number of fused-ring (bicyclic) bond motifs is 1. The molecule has 7 amide bonds. The number of carboxylic acids is 1. The normalized spacial score (nSPS) is 25.2. The van der Waals surface area contributed by atoms with Gasteiger partial charge in [-0.05, 0) is 99.9 Å². The summed E-state index contributed by atoms with van der Waals surface area (Å²) in [5, 5.41) is 26.4. The highest BCUT2D eigenvalue weighted by molar-refractivity contribution is 7.98. The number of cyclic esters (lactones) is 1. The minimum atomic E-state index is -1.40. The molecule has 0 saturated carbocycles. The predicted octanol–water partition coefficient (Wildman–Crippen LogP) is 5.53. The van der Waals surface area contributed by atoms with Crippen LogP contribution in [0.4, 0.5) is 0 Å². The molecule has 2 rings (SSSR count). The number of nitrogens with one attached hydrogen (secondary N) is 6. The molecular formula is C52H91N7O11S. The first-order valence-corrected chi connectivity index (χ1v) is 28.0. The van der Waals surface area contributed by atoms with E-state index in [1.165, 1.54) is 23.1 Å². The number of hydrogen-bond donors (Lipinski definition) is 7. The fraction of sp³-hybridized carbons (Fsp3) is 0.827. The summed E-state index contributed by atoms with van der Waals surface area (Å²) in [7, 11) is 0. The summed E-state index contributed by atoms with van der Waals surface area (Å²) in [6, 6.07) is -7.99. The summed E-state index contributed by atoms with van der Waals surface area (Å²) >= 11 is 1.45. The van der Waals surface area contributed by atoms with Gasteiger partial charge in [0.05, 0.1) is 6.42 Å². The van der Waals surface area contributed by atoms with Crippen molar-refractivity contribution in [3.8, 4) is 0 Å². The minimum absolute atomic E-state index is 0.0688. The summed E-state index contributed by atoms with van der Waals surface area (Å²) in [6.07, 6.45) is 9.70. The maximum absolute atomic E-state index is 14.5. The van der Waals surface area contributed by atoms with E-state index in [1.807, 2.05) is 61.6 Å². The van der Waals surface area contributed by atoms with Crippen LogP contribution in [0.3, 0.4) is 0 Å². The van der Waals surface area contributed by atoms with E-state index in [0.717, 1.165) is 38.5 Å². The second kappa shape index (κ2) is 33.3. The number of carboxylic acid groups (broad SMARTS) is 1. The zero-order valence-corrected chi connectivity index (χ0v) is 45.5. The first-order valence-electron chi connectivity index (χ1n) is 26.6. The summed E-state index contributed by atoms with van der Waals surface area (Å²) in [6.45, 7) is 17.4. The van der Waals surface area contributed by atoms with Gasteiger partial charge in [-0.1, -0.05) is 107 Å². The molecule has 71 heavy (non-hydrogen) atoms. The Morgan fingerprint density at radius 2 is 1.04 bits per heavy atom. The molecule has 19 heteroatoms. The molecule has 18 nitrogen and oxygen atoms in total. The summed E-state index contributed by atoms with van der Waals surface area (Å²) in [4.78, 5) is 127. The van der Waals surface area contributed by atoms with E-state index in [1.54, 1.807) is 0 Å². The molecule has 0 bridgehead atoms. The summed E-state index contributed by atoms with van der Waals surface area (Å²) in [5.41, 5.74) is 0. The van der Waals surface area contributed by atoms with Crippen molar-refractivity contribution >= 4 is 65.1 Å². The topological polar surface area (TPSA) is 259 Å². The number of carbonyl (C=O) groups is 9. The molecule has 0 aliphatic carbocycles. The van der Waals surface area contributed by atoms with E-state index in [-0.39, 0.29) is 75.2 Å². The van der Waals surface area contributed by atoms with Crippen LogP contribution in [-0.2, 0) is 47.9 Å². The summed E-state index contributed by atoms with van der Waals surface area (Å²) in [5.74, 6) is -6.33. The Hall–Kier alpha value is -4.42. The van der Waals surface area contributed by atoms with E-state index >= 15 is 0 Å². The molecule has 0 aromatic heterocycles. The smallest absolute Gasteiger partial charge is 0.328 e. The number of thioether (sulfide) groups is 1. The van der Waals surface area contributed by atoms with Gasteiger partial charge < -0.3 is 46.6 Å². The molecule has 0 aromatic rings. The zero-order chi connectivity index (χ0) is 53.2. The van der Waals surface area contributed by atoms with Gasteiger partial charge in [0.2, 0.25) is 41.4 Å². The largest absolute Gasteiger partial charge is 0.481 e. The number of aliphatic carboxylic acids is 1. The molecule has 7 N–H and O–H groups in total. The maximum Gasteiger partial charge on any atom is 0.328 e. The molecule has 406 valence electrons. The monoisotopic (exact) mass is 1020 g/mol. The Balaban J connectivity index is 2.73. The molecule has 8 unspecified atom stereocenters. The van der Waals surface area contributed by atoms with Crippen molar-refractivity contribution in [2.75, 3.05) is 18.6 Å². The first kappa shape index (κ1) is 62.7. The molecular weight excluding hydrogens is 931 g/mol. The molecule has 2 saturated heterocycles. The highest BCUT2D eigenvalue weighted by Gasteiger charge is 2.41.